The number of sulfonamides is 1. The molecule has 1 heterocycles. The topological polar surface area (TPSA) is 158 Å². The minimum absolute atomic E-state index is 0. The molecular weight excluding hydrogens is 550 g/mol. The van der Waals surface area contributed by atoms with E-state index in [1.165, 1.54) is 11.2 Å². The van der Waals surface area contributed by atoms with Gasteiger partial charge in [0.05, 0.1) is 18.9 Å². The largest absolute Gasteiger partial charge is 0.511 e. The maximum atomic E-state index is 12.4. The standard InChI is InChI=1S/C26H33N3O8S.ClH/c1-4-34-26(31)37-17(2)36-24(30)14-18-13-22(29(15-18)38(3,32)33)16-35-23-11-9-20(10-12-23)19-5-7-21(8-6-19)25(27)28;/h5-12,17-18,22H,4,13-16H2,1-3H3,(H3,27,28);1H/t17?,18-,22-;/m0./s1. The third-order valence-electron chi connectivity index (χ3n) is 5.98. The highest BCUT2D eigenvalue weighted by molar-refractivity contribution is 7.88. The van der Waals surface area contributed by atoms with Crippen molar-refractivity contribution in [2.75, 3.05) is 26.0 Å². The van der Waals surface area contributed by atoms with Crippen LogP contribution in [0.1, 0.15) is 32.3 Å². The van der Waals surface area contributed by atoms with Gasteiger partial charge >= 0.3 is 12.1 Å². The second kappa shape index (κ2) is 14.2. The molecule has 39 heavy (non-hydrogen) atoms. The van der Waals surface area contributed by atoms with Gasteiger partial charge in [-0.25, -0.2) is 13.2 Å². The number of carbonyl (C=O) groups excluding carboxylic acids is 2. The van der Waals surface area contributed by atoms with Crippen LogP contribution in [0.5, 0.6) is 5.75 Å². The Morgan fingerprint density at radius 1 is 1.08 bits per heavy atom. The lowest BCUT2D eigenvalue weighted by Crippen LogP contribution is -2.38. The molecule has 2 aromatic rings. The highest BCUT2D eigenvalue weighted by Gasteiger charge is 2.39. The molecule has 13 heteroatoms. The third-order valence-corrected chi connectivity index (χ3v) is 7.28. The summed E-state index contributed by atoms with van der Waals surface area (Å²) >= 11 is 0. The minimum atomic E-state index is -3.53. The number of carbonyl (C=O) groups is 2. The van der Waals surface area contributed by atoms with Gasteiger partial charge in [0.1, 0.15) is 18.2 Å². The molecule has 0 aliphatic carbocycles. The summed E-state index contributed by atoms with van der Waals surface area (Å²) in [5.74, 6) is -0.294. The molecule has 1 saturated heterocycles. The molecule has 0 radical (unpaired) electrons. The average molecular weight is 584 g/mol. The summed E-state index contributed by atoms with van der Waals surface area (Å²) < 4.78 is 46.6. The summed E-state index contributed by atoms with van der Waals surface area (Å²) in [7, 11) is -3.53. The lowest BCUT2D eigenvalue weighted by molar-refractivity contribution is -0.168. The number of nitrogens with two attached hydrogens (primary N) is 1. The van der Waals surface area contributed by atoms with Gasteiger partial charge in [-0.05, 0) is 42.5 Å². The van der Waals surface area contributed by atoms with Gasteiger partial charge in [-0.15, -0.1) is 12.4 Å². The van der Waals surface area contributed by atoms with Crippen LogP contribution in [0.15, 0.2) is 48.5 Å². The number of hydrogen-bond acceptors (Lipinski definition) is 9. The van der Waals surface area contributed by atoms with Gasteiger partial charge in [-0.2, -0.15) is 4.31 Å². The van der Waals surface area contributed by atoms with Crippen molar-refractivity contribution in [1.82, 2.24) is 4.31 Å². The van der Waals surface area contributed by atoms with E-state index in [2.05, 4.69) is 4.74 Å². The molecule has 0 bridgehead atoms. The van der Waals surface area contributed by atoms with Crippen LogP contribution in [-0.4, -0.2) is 69.0 Å². The third kappa shape index (κ3) is 9.41. The SMILES string of the molecule is CCOC(=O)OC(C)OC(=O)C[C@@H]1C[C@@H](COc2ccc(-c3ccc(C(=N)N)cc3)cc2)N(S(C)(=O)=O)C1.Cl. The Morgan fingerprint density at radius 3 is 2.21 bits per heavy atom. The average Bonchev–Trinajstić information content (AvgIpc) is 3.26. The second-order valence-electron chi connectivity index (χ2n) is 8.98. The Morgan fingerprint density at radius 2 is 1.67 bits per heavy atom. The molecule has 1 aliphatic rings. The molecule has 214 valence electrons. The van der Waals surface area contributed by atoms with E-state index in [4.69, 9.17) is 25.4 Å². The van der Waals surface area contributed by atoms with Gasteiger partial charge in [-0.3, -0.25) is 10.2 Å². The van der Waals surface area contributed by atoms with Crippen LogP contribution in [-0.2, 0) is 29.0 Å². The zero-order chi connectivity index (χ0) is 27.9. The first kappa shape index (κ1) is 31.9. The second-order valence-corrected chi connectivity index (χ2v) is 10.9. The van der Waals surface area contributed by atoms with Gasteiger partial charge < -0.3 is 24.7 Å². The Hall–Kier alpha value is -3.35. The van der Waals surface area contributed by atoms with Gasteiger partial charge in [-0.1, -0.05) is 36.4 Å². The smallest absolute Gasteiger partial charge is 0.492 e. The number of esters is 1. The molecule has 1 unspecified atom stereocenters. The van der Waals surface area contributed by atoms with Crippen LogP contribution in [0.25, 0.3) is 11.1 Å². The Labute approximate surface area is 234 Å². The summed E-state index contributed by atoms with van der Waals surface area (Å²) in [5.41, 5.74) is 8.05. The van der Waals surface area contributed by atoms with Crippen LogP contribution >= 0.6 is 12.4 Å². The predicted octanol–water partition coefficient (Wildman–Crippen LogP) is 3.54. The van der Waals surface area contributed by atoms with E-state index >= 15 is 0 Å². The highest BCUT2D eigenvalue weighted by Crippen LogP contribution is 2.30. The molecule has 1 fully saturated rings. The van der Waals surface area contributed by atoms with Gasteiger partial charge in [0.15, 0.2) is 0 Å². The summed E-state index contributed by atoms with van der Waals surface area (Å²) in [6.45, 7) is 3.43. The Bertz CT molecular complexity index is 1240. The van der Waals surface area contributed by atoms with Crippen molar-refractivity contribution in [1.29, 1.82) is 5.41 Å². The van der Waals surface area contributed by atoms with Crippen LogP contribution < -0.4 is 10.5 Å². The number of hydrogen-bond donors (Lipinski definition) is 2. The predicted molar refractivity (Wildman–Crippen MR) is 147 cm³/mol. The van der Waals surface area contributed by atoms with E-state index in [-0.39, 0.29) is 50.3 Å². The Kier molecular flexibility index (Phi) is 11.6. The first-order chi connectivity index (χ1) is 18.0. The fourth-order valence-corrected chi connectivity index (χ4v) is 5.41. The van der Waals surface area contributed by atoms with Gasteiger partial charge in [0, 0.05) is 25.5 Å². The molecule has 3 atom stereocenters. The number of nitrogens with one attached hydrogen (secondary N) is 1. The van der Waals surface area contributed by atoms with Crippen molar-refractivity contribution >= 4 is 40.4 Å². The van der Waals surface area contributed by atoms with E-state index in [0.29, 0.717) is 17.7 Å². The van der Waals surface area contributed by atoms with Gasteiger partial charge in [0.25, 0.3) is 0 Å². The first-order valence-electron chi connectivity index (χ1n) is 12.1. The maximum absolute atomic E-state index is 12.4. The van der Waals surface area contributed by atoms with E-state index in [0.717, 1.165) is 17.4 Å². The molecule has 0 saturated carbocycles. The lowest BCUT2D eigenvalue weighted by Gasteiger charge is -2.22. The normalized spacial score (nSPS) is 17.9. The highest BCUT2D eigenvalue weighted by atomic mass is 35.5. The monoisotopic (exact) mass is 583 g/mol. The molecule has 3 rings (SSSR count). The molecule has 11 nitrogen and oxygen atoms in total. The van der Waals surface area contributed by atoms with E-state index < -0.39 is 34.5 Å². The van der Waals surface area contributed by atoms with E-state index in [1.54, 1.807) is 31.2 Å². The fourth-order valence-electron chi connectivity index (χ4n) is 4.24. The number of amidine groups is 1. The van der Waals surface area contributed by atoms with Crippen molar-refractivity contribution in [2.24, 2.45) is 11.7 Å². The summed E-state index contributed by atoms with van der Waals surface area (Å²) in [4.78, 5) is 23.7. The molecule has 0 spiro atoms. The van der Waals surface area contributed by atoms with Crippen molar-refractivity contribution in [2.45, 2.75) is 39.0 Å². The maximum Gasteiger partial charge on any atom is 0.511 e. The Balaban J connectivity index is 0.00000533. The van der Waals surface area contributed by atoms with Crippen molar-refractivity contribution in [3.63, 3.8) is 0 Å². The van der Waals surface area contributed by atoms with Crippen molar-refractivity contribution in [3.05, 3.63) is 54.1 Å². The number of nitrogens with zero attached hydrogens (tertiary/aromatic N) is 1. The van der Waals surface area contributed by atoms with Gasteiger partial charge in [0.2, 0.25) is 16.3 Å². The number of nitrogen functional groups attached to an aromatic ring is 1. The minimum Gasteiger partial charge on any atom is -0.492 e. The quantitative estimate of drug-likeness (QED) is 0.175. The van der Waals surface area contributed by atoms with Crippen LogP contribution in [0.4, 0.5) is 4.79 Å². The number of ether oxygens (including phenoxy) is 4. The molecule has 3 N–H and O–H groups in total. The number of halogens is 1. The summed E-state index contributed by atoms with van der Waals surface area (Å²) in [6, 6.07) is 14.2. The first-order valence-corrected chi connectivity index (χ1v) is 14.0. The molecular formula is C26H34ClN3O8S. The molecule has 0 amide bonds. The zero-order valence-corrected chi connectivity index (χ0v) is 23.6. The number of rotatable bonds is 11. The summed E-state index contributed by atoms with van der Waals surface area (Å²) in [5, 5.41) is 7.49. The zero-order valence-electron chi connectivity index (χ0n) is 22.0. The van der Waals surface area contributed by atoms with Crippen molar-refractivity contribution in [3.8, 4) is 16.9 Å². The molecule has 1 aliphatic heterocycles. The van der Waals surface area contributed by atoms with Crippen LogP contribution in [0.2, 0.25) is 0 Å². The molecule has 2 aromatic carbocycles. The van der Waals surface area contributed by atoms with Crippen LogP contribution in [0.3, 0.4) is 0 Å². The van der Waals surface area contributed by atoms with Crippen LogP contribution in [0, 0.1) is 11.3 Å². The van der Waals surface area contributed by atoms with E-state index in [1.807, 2.05) is 24.3 Å². The van der Waals surface area contributed by atoms with E-state index in [9.17, 15) is 18.0 Å². The lowest BCUT2D eigenvalue weighted by atomic mass is 10.0. The molecule has 0 aromatic heterocycles. The number of benzene rings is 2. The summed E-state index contributed by atoms with van der Waals surface area (Å²) in [6.07, 6.45) is -0.551. The fraction of sp³-hybridized carbons (Fsp3) is 0.423. The van der Waals surface area contributed by atoms with Crippen molar-refractivity contribution < 1.29 is 37.0 Å².